The van der Waals surface area contributed by atoms with Crippen molar-refractivity contribution in [3.05, 3.63) is 118 Å². The predicted octanol–water partition coefficient (Wildman–Crippen LogP) is 7.34. The number of nitrogens with zero attached hydrogens (tertiary/aromatic N) is 3. The molecule has 5 aromatic rings. The van der Waals surface area contributed by atoms with E-state index in [-0.39, 0.29) is 47.3 Å². The molecule has 0 bridgehead atoms. The summed E-state index contributed by atoms with van der Waals surface area (Å²) in [5.74, 6) is 0.255. The van der Waals surface area contributed by atoms with Crippen molar-refractivity contribution >= 4 is 35.3 Å². The first-order valence-electron chi connectivity index (χ1n) is 15.1. The Morgan fingerprint density at radius 2 is 1.32 bits per heavy atom. The second kappa shape index (κ2) is 16.2. The average Bonchev–Trinajstić information content (AvgIpc) is 3.46. The van der Waals surface area contributed by atoms with Gasteiger partial charge in [-0.3, -0.25) is 25.0 Å². The number of carbonyl (C=O) groups excluding carboxylic acids is 1. The van der Waals surface area contributed by atoms with Gasteiger partial charge in [-0.1, -0.05) is 39.9 Å². The quantitative estimate of drug-likeness (QED) is 0.114. The van der Waals surface area contributed by atoms with Crippen LogP contribution >= 0.6 is 24.4 Å². The monoisotopic (exact) mass is 673 g/mol. The molecule has 244 valence electrons. The van der Waals surface area contributed by atoms with Gasteiger partial charge in [0.25, 0.3) is 0 Å². The number of hydrogen-bond donors (Lipinski definition) is 4. The van der Waals surface area contributed by atoms with E-state index in [0.29, 0.717) is 16.8 Å². The van der Waals surface area contributed by atoms with Crippen LogP contribution in [0.25, 0.3) is 22.3 Å². The van der Waals surface area contributed by atoms with Crippen molar-refractivity contribution in [1.29, 1.82) is 0 Å². The van der Waals surface area contributed by atoms with E-state index in [1.807, 2.05) is 26.0 Å². The molecule has 0 radical (unpaired) electrons. The Balaban J connectivity index is 0.000000213. The van der Waals surface area contributed by atoms with Crippen LogP contribution in [0.3, 0.4) is 0 Å². The van der Waals surface area contributed by atoms with Crippen LogP contribution < -0.4 is 11.1 Å². The molecule has 47 heavy (non-hydrogen) atoms. The zero-order valence-electron chi connectivity index (χ0n) is 26.6. The highest BCUT2D eigenvalue weighted by molar-refractivity contribution is 7.80. The lowest BCUT2D eigenvalue weighted by molar-refractivity contribution is -0.120. The molecule has 5 rings (SSSR count). The third-order valence-corrected chi connectivity index (χ3v) is 7.75. The van der Waals surface area contributed by atoms with Gasteiger partial charge in [0.15, 0.2) is 0 Å². The summed E-state index contributed by atoms with van der Waals surface area (Å²) in [6.07, 6.45) is 7.40. The number of aromatic nitrogens is 5. The summed E-state index contributed by atoms with van der Waals surface area (Å²) in [6.45, 7) is 8.21. The van der Waals surface area contributed by atoms with Crippen molar-refractivity contribution in [1.82, 2.24) is 30.5 Å². The summed E-state index contributed by atoms with van der Waals surface area (Å²) < 4.78 is 28.6. The van der Waals surface area contributed by atoms with Gasteiger partial charge in [0.1, 0.15) is 17.5 Å². The minimum absolute atomic E-state index is 0.0830. The summed E-state index contributed by atoms with van der Waals surface area (Å²) in [6, 6.07) is 13.5. The maximum Gasteiger partial charge on any atom is 0.224 e. The van der Waals surface area contributed by atoms with Gasteiger partial charge in [0, 0.05) is 31.2 Å². The Labute approximate surface area is 283 Å². The molecule has 0 spiro atoms. The van der Waals surface area contributed by atoms with E-state index in [1.165, 1.54) is 12.1 Å². The van der Waals surface area contributed by atoms with Crippen molar-refractivity contribution in [2.45, 2.75) is 52.4 Å². The fourth-order valence-electron chi connectivity index (χ4n) is 5.28. The first kappa shape index (κ1) is 35.2. The van der Waals surface area contributed by atoms with E-state index in [9.17, 15) is 13.6 Å². The molecule has 0 unspecified atom stereocenters. The summed E-state index contributed by atoms with van der Waals surface area (Å²) in [4.78, 5) is 24.7. The van der Waals surface area contributed by atoms with E-state index < -0.39 is 0 Å². The van der Waals surface area contributed by atoms with E-state index in [4.69, 9.17) is 30.2 Å². The summed E-state index contributed by atoms with van der Waals surface area (Å²) >= 11 is 9.79. The fourth-order valence-corrected chi connectivity index (χ4v) is 5.52. The number of carbonyl (C=O) groups is 1. The molecule has 0 aliphatic carbocycles. The maximum absolute atomic E-state index is 14.1. The highest BCUT2D eigenvalue weighted by atomic mass is 32.1. The molecule has 12 heteroatoms. The number of aromatic amines is 2. The minimum Gasteiger partial charge on any atom is -0.392 e. The highest BCUT2D eigenvalue weighted by Gasteiger charge is 2.19. The Kier molecular flexibility index (Phi) is 12.2. The first-order valence-corrected chi connectivity index (χ1v) is 15.9. The Morgan fingerprint density at radius 1 is 0.830 bits per heavy atom. The molecule has 1 amide bonds. The van der Waals surface area contributed by atoms with E-state index in [1.54, 1.807) is 49.1 Å². The van der Waals surface area contributed by atoms with Gasteiger partial charge in [-0.2, -0.15) is 0 Å². The normalized spacial score (nSPS) is 10.9. The van der Waals surface area contributed by atoms with E-state index in [2.05, 4.69) is 44.3 Å². The second-order valence-corrected chi connectivity index (χ2v) is 12.4. The SMILES string of the molecule is CC(C)c1cc(F)cc(-c2ccncc2)c1CC(=O)NCC(N)=S.CC(C)c1cc(F)cc(-c2ccncc2)c1Cc1nc(=S)[nH][nH]1. The van der Waals surface area contributed by atoms with Crippen LogP contribution in [0.15, 0.2) is 73.3 Å². The predicted molar refractivity (Wildman–Crippen MR) is 188 cm³/mol. The molecule has 0 saturated heterocycles. The van der Waals surface area contributed by atoms with Crippen LogP contribution in [0.5, 0.6) is 0 Å². The molecule has 3 aromatic heterocycles. The van der Waals surface area contributed by atoms with Gasteiger partial charge in [0.05, 0.1) is 18.0 Å². The van der Waals surface area contributed by atoms with E-state index >= 15 is 0 Å². The highest BCUT2D eigenvalue weighted by Crippen LogP contribution is 2.33. The Hall–Kier alpha value is -4.68. The number of benzene rings is 2. The lowest BCUT2D eigenvalue weighted by Crippen LogP contribution is -2.33. The van der Waals surface area contributed by atoms with Gasteiger partial charge in [-0.25, -0.2) is 13.8 Å². The number of thiocarbonyl (C=S) groups is 1. The Morgan fingerprint density at radius 3 is 1.77 bits per heavy atom. The maximum atomic E-state index is 14.1. The van der Waals surface area contributed by atoms with Crippen molar-refractivity contribution in [2.75, 3.05) is 6.54 Å². The van der Waals surface area contributed by atoms with E-state index in [0.717, 1.165) is 44.8 Å². The average molecular weight is 674 g/mol. The third-order valence-electron chi connectivity index (χ3n) is 7.42. The number of rotatable bonds is 10. The lowest BCUT2D eigenvalue weighted by Gasteiger charge is -2.18. The van der Waals surface area contributed by atoms with Crippen LogP contribution in [0, 0.1) is 16.4 Å². The molecule has 5 N–H and O–H groups in total. The molecule has 2 aromatic carbocycles. The lowest BCUT2D eigenvalue weighted by atomic mass is 9.88. The smallest absolute Gasteiger partial charge is 0.224 e. The first-order chi connectivity index (χ1) is 22.4. The topological polar surface area (TPSA) is 125 Å². The van der Waals surface area contributed by atoms with Crippen molar-refractivity contribution in [3.63, 3.8) is 0 Å². The number of amides is 1. The van der Waals surface area contributed by atoms with Crippen molar-refractivity contribution in [2.24, 2.45) is 5.73 Å². The molecule has 0 aliphatic rings. The van der Waals surface area contributed by atoms with Crippen LogP contribution in [-0.4, -0.2) is 42.6 Å². The molecular weight excluding hydrogens is 637 g/mol. The summed E-state index contributed by atoms with van der Waals surface area (Å²) in [5, 5.41) is 8.45. The number of hydrogen-bond acceptors (Lipinski definition) is 6. The molecule has 0 atom stereocenters. The van der Waals surface area contributed by atoms with Crippen LogP contribution in [0.2, 0.25) is 0 Å². The molecule has 8 nitrogen and oxygen atoms in total. The van der Waals surface area contributed by atoms with Gasteiger partial charge in [-0.05, 0) is 117 Å². The Bertz CT molecular complexity index is 1890. The largest absolute Gasteiger partial charge is 0.392 e. The fraction of sp³-hybridized carbons (Fsp3) is 0.257. The second-order valence-electron chi connectivity index (χ2n) is 11.5. The number of nitrogens with one attached hydrogen (secondary N) is 3. The van der Waals surface area contributed by atoms with Gasteiger partial charge >= 0.3 is 0 Å². The van der Waals surface area contributed by atoms with Crippen molar-refractivity contribution < 1.29 is 13.6 Å². The van der Waals surface area contributed by atoms with Gasteiger partial charge in [-0.15, -0.1) is 0 Å². The summed E-state index contributed by atoms with van der Waals surface area (Å²) in [7, 11) is 0. The number of H-pyrrole nitrogens is 2. The van der Waals surface area contributed by atoms with Crippen LogP contribution in [0.4, 0.5) is 8.78 Å². The molecule has 0 aliphatic heterocycles. The standard InChI is InChI=1S/C18H20FN3OS.C17H17FN4S/c1-11(2)14-7-13(19)8-15(12-3-5-21-6-4-12)16(14)9-18(23)22-10-17(20)24;1-10(2)13-7-12(18)8-14(11-3-5-19-6-4-11)15(13)9-16-20-17(23)22-21-16/h3-8,11H,9-10H2,1-2H3,(H2,20,24)(H,22,23);3-8,10H,9H2,1-2H3,(H2,20,21,22,23). The molecule has 0 saturated carbocycles. The zero-order valence-corrected chi connectivity index (χ0v) is 28.2. The van der Waals surface area contributed by atoms with Crippen molar-refractivity contribution in [3.8, 4) is 22.3 Å². The summed E-state index contributed by atoms with van der Waals surface area (Å²) in [5.41, 5.74) is 12.4. The molecule has 3 heterocycles. The zero-order chi connectivity index (χ0) is 34.1. The van der Waals surface area contributed by atoms with Crippen LogP contribution in [0.1, 0.15) is 67.6 Å². The number of pyridine rings is 2. The minimum atomic E-state index is -0.321. The van der Waals surface area contributed by atoms with Gasteiger partial charge in [0.2, 0.25) is 10.7 Å². The molecular formula is C35H37F2N7OS2. The number of nitrogens with two attached hydrogens (primary N) is 1. The molecule has 0 fully saturated rings. The number of halogens is 2. The van der Waals surface area contributed by atoms with Crippen LogP contribution in [-0.2, 0) is 17.6 Å². The van der Waals surface area contributed by atoms with Gasteiger partial charge < -0.3 is 11.1 Å². The third kappa shape index (κ3) is 9.66.